The largest absolute Gasteiger partial charge is 0.480 e. The van der Waals surface area contributed by atoms with E-state index in [0.717, 1.165) is 0 Å². The quantitative estimate of drug-likeness (QED) is 0.602. The van der Waals surface area contributed by atoms with Crippen LogP contribution in [0.15, 0.2) is 4.34 Å². The average Bonchev–Trinajstić information content (AvgIpc) is 2.35. The van der Waals surface area contributed by atoms with Gasteiger partial charge in [-0.25, -0.2) is 0 Å². The molecule has 1 aromatic rings. The number of rotatable bonds is 3. The molecule has 0 saturated heterocycles. The molecule has 0 saturated carbocycles. The Bertz CT molecular complexity index is 331. The number of aromatic amines is 1. The first-order chi connectivity index (χ1) is 5.59. The van der Waals surface area contributed by atoms with Crippen molar-refractivity contribution >= 4 is 41.3 Å². The fourth-order valence-electron chi connectivity index (χ4n) is 0.468. The summed E-state index contributed by atoms with van der Waals surface area (Å²) in [6.45, 7) is 1.61. The zero-order valence-corrected chi connectivity index (χ0v) is 8.55. The monoisotopic (exact) mass is 222 g/mol. The maximum Gasteiger partial charge on any atom is 0.316 e. The summed E-state index contributed by atoms with van der Waals surface area (Å²) >= 11 is 7.25. The lowest BCUT2D eigenvalue weighted by Gasteiger charge is -1.99. The lowest BCUT2D eigenvalue weighted by Crippen LogP contribution is -2.10. The van der Waals surface area contributed by atoms with Crippen LogP contribution in [-0.2, 0) is 4.79 Å². The molecule has 1 rings (SSSR count). The third-order valence-electron chi connectivity index (χ3n) is 1.04. The molecule has 0 amide bonds. The summed E-state index contributed by atoms with van der Waals surface area (Å²) in [5.41, 5.74) is 0. The van der Waals surface area contributed by atoms with Gasteiger partial charge < -0.3 is 5.11 Å². The molecule has 1 atom stereocenters. The van der Waals surface area contributed by atoms with Gasteiger partial charge in [0.25, 0.3) is 0 Å². The number of nitrogens with zero attached hydrogens (tertiary/aromatic N) is 1. The molecule has 0 fully saturated rings. The van der Waals surface area contributed by atoms with Gasteiger partial charge in [0.1, 0.15) is 5.25 Å². The molecule has 0 aromatic carbocycles. The van der Waals surface area contributed by atoms with Gasteiger partial charge >= 0.3 is 5.97 Å². The van der Waals surface area contributed by atoms with Gasteiger partial charge in [0.15, 0.2) is 8.29 Å². The van der Waals surface area contributed by atoms with Gasteiger partial charge in [-0.15, -0.1) is 0 Å². The van der Waals surface area contributed by atoms with E-state index < -0.39 is 11.2 Å². The Labute approximate surface area is 82.0 Å². The number of hydrogen-bond acceptors (Lipinski definition) is 5. The van der Waals surface area contributed by atoms with Gasteiger partial charge in [-0.1, -0.05) is 23.1 Å². The Morgan fingerprint density at radius 2 is 2.58 bits per heavy atom. The summed E-state index contributed by atoms with van der Waals surface area (Å²) < 4.78 is 1.23. The molecule has 0 radical (unpaired) electrons. The molecule has 0 aliphatic rings. The predicted octanol–water partition coefficient (Wildman–Crippen LogP) is 1.77. The number of thioether (sulfide) groups is 1. The first-order valence-corrected chi connectivity index (χ1v) is 5.15. The van der Waals surface area contributed by atoms with Crippen molar-refractivity contribution in [1.29, 1.82) is 0 Å². The molecular formula is C5H6N2O2S3. The fraction of sp³-hybridized carbons (Fsp3) is 0.400. The maximum absolute atomic E-state index is 10.4. The Hall–Kier alpha value is -0.400. The van der Waals surface area contributed by atoms with Crippen LogP contribution in [0.3, 0.4) is 0 Å². The summed E-state index contributed by atoms with van der Waals surface area (Å²) in [5, 5.41) is 14.5. The minimum absolute atomic E-state index is 0.487. The first kappa shape index (κ1) is 9.69. The van der Waals surface area contributed by atoms with Crippen molar-refractivity contribution in [1.82, 2.24) is 10.2 Å². The summed E-state index contributed by atoms with van der Waals surface area (Å²) in [4.78, 5) is 10.4. The number of aliphatic carboxylic acids is 1. The highest BCUT2D eigenvalue weighted by Gasteiger charge is 2.13. The molecule has 1 heterocycles. The van der Waals surface area contributed by atoms with Crippen molar-refractivity contribution in [2.75, 3.05) is 0 Å². The third-order valence-corrected chi connectivity index (χ3v) is 3.31. The molecule has 12 heavy (non-hydrogen) atoms. The van der Waals surface area contributed by atoms with Crippen LogP contribution in [0.5, 0.6) is 0 Å². The van der Waals surface area contributed by atoms with Crippen LogP contribution in [0.25, 0.3) is 0 Å². The molecular weight excluding hydrogens is 216 g/mol. The van der Waals surface area contributed by atoms with Gasteiger partial charge in [0.05, 0.1) is 0 Å². The molecule has 2 N–H and O–H groups in total. The maximum atomic E-state index is 10.4. The van der Waals surface area contributed by atoms with Crippen LogP contribution >= 0.6 is 35.3 Å². The second-order valence-corrected chi connectivity index (χ2v) is 5.23. The highest BCUT2D eigenvalue weighted by molar-refractivity contribution is 8.02. The topological polar surface area (TPSA) is 66.0 Å². The van der Waals surface area contributed by atoms with Gasteiger partial charge in [-0.3, -0.25) is 9.89 Å². The molecule has 1 aromatic heterocycles. The van der Waals surface area contributed by atoms with E-state index in [1.807, 2.05) is 0 Å². The molecule has 0 aliphatic heterocycles. The summed E-state index contributed by atoms with van der Waals surface area (Å²) in [7, 11) is 0. The first-order valence-electron chi connectivity index (χ1n) is 3.04. The van der Waals surface area contributed by atoms with E-state index in [1.165, 1.54) is 23.1 Å². The van der Waals surface area contributed by atoms with E-state index in [2.05, 4.69) is 10.2 Å². The SMILES string of the molecule is C[C@H](Sc1n[nH]c(=S)s1)C(=O)O. The second kappa shape index (κ2) is 4.01. The van der Waals surface area contributed by atoms with Crippen LogP contribution in [0.1, 0.15) is 6.92 Å². The normalized spacial score (nSPS) is 12.8. The van der Waals surface area contributed by atoms with Crippen LogP contribution in [-0.4, -0.2) is 26.5 Å². The second-order valence-electron chi connectivity index (χ2n) is 1.98. The average molecular weight is 222 g/mol. The number of hydrogen-bond donors (Lipinski definition) is 2. The standard InChI is InChI=1S/C5H6N2O2S3/c1-2(3(8)9)11-5-7-6-4(10)12-5/h2H,1H3,(H,6,10)(H,8,9)/t2-/m0/s1. The minimum atomic E-state index is -0.846. The Kier molecular flexibility index (Phi) is 3.24. The molecule has 0 aliphatic carbocycles. The molecule has 66 valence electrons. The molecule has 0 spiro atoms. The number of nitrogens with one attached hydrogen (secondary N) is 1. The van der Waals surface area contributed by atoms with Gasteiger partial charge in [0, 0.05) is 0 Å². The van der Waals surface area contributed by atoms with Crippen LogP contribution in [0.4, 0.5) is 0 Å². The number of carbonyl (C=O) groups is 1. The van der Waals surface area contributed by atoms with E-state index in [-0.39, 0.29) is 0 Å². The summed E-state index contributed by atoms with van der Waals surface area (Å²) in [6, 6.07) is 0. The van der Waals surface area contributed by atoms with Gasteiger partial charge in [-0.05, 0) is 19.1 Å². The van der Waals surface area contributed by atoms with E-state index in [4.69, 9.17) is 17.3 Å². The Morgan fingerprint density at radius 3 is 3.00 bits per heavy atom. The molecule has 0 unspecified atom stereocenters. The lowest BCUT2D eigenvalue weighted by molar-refractivity contribution is -0.136. The number of aromatic nitrogens is 2. The fourth-order valence-corrected chi connectivity index (χ4v) is 2.63. The predicted molar refractivity (Wildman–Crippen MR) is 50.3 cm³/mol. The smallest absolute Gasteiger partial charge is 0.316 e. The van der Waals surface area contributed by atoms with E-state index in [9.17, 15) is 4.79 Å². The number of carboxylic acid groups (broad SMARTS) is 1. The molecule has 4 nitrogen and oxygen atoms in total. The van der Waals surface area contributed by atoms with Gasteiger partial charge in [-0.2, -0.15) is 5.10 Å². The van der Waals surface area contributed by atoms with Crippen molar-refractivity contribution < 1.29 is 9.90 Å². The minimum Gasteiger partial charge on any atom is -0.480 e. The zero-order valence-electron chi connectivity index (χ0n) is 6.10. The zero-order chi connectivity index (χ0) is 9.14. The Balaban J connectivity index is 2.64. The van der Waals surface area contributed by atoms with Crippen LogP contribution in [0.2, 0.25) is 0 Å². The van der Waals surface area contributed by atoms with Crippen molar-refractivity contribution in [2.24, 2.45) is 0 Å². The van der Waals surface area contributed by atoms with Crippen LogP contribution in [0, 0.1) is 3.95 Å². The van der Waals surface area contributed by atoms with Gasteiger partial charge in [0.2, 0.25) is 0 Å². The summed E-state index contributed by atoms with van der Waals surface area (Å²) in [5.74, 6) is -0.846. The van der Waals surface area contributed by atoms with E-state index >= 15 is 0 Å². The Morgan fingerprint density at radius 1 is 1.92 bits per heavy atom. The van der Waals surface area contributed by atoms with Crippen LogP contribution < -0.4 is 0 Å². The highest BCUT2D eigenvalue weighted by atomic mass is 32.2. The van der Waals surface area contributed by atoms with Crippen molar-refractivity contribution in [3.63, 3.8) is 0 Å². The van der Waals surface area contributed by atoms with E-state index in [0.29, 0.717) is 8.29 Å². The van der Waals surface area contributed by atoms with Crippen molar-refractivity contribution in [2.45, 2.75) is 16.5 Å². The van der Waals surface area contributed by atoms with Crippen molar-refractivity contribution in [3.8, 4) is 0 Å². The number of H-pyrrole nitrogens is 1. The molecule has 0 bridgehead atoms. The lowest BCUT2D eigenvalue weighted by atomic mass is 10.5. The highest BCUT2D eigenvalue weighted by Crippen LogP contribution is 2.24. The molecule has 7 heteroatoms. The van der Waals surface area contributed by atoms with Crippen molar-refractivity contribution in [3.05, 3.63) is 3.95 Å². The van der Waals surface area contributed by atoms with E-state index in [1.54, 1.807) is 6.92 Å². The number of carboxylic acids is 1. The third kappa shape index (κ3) is 2.58. The summed E-state index contributed by atoms with van der Waals surface area (Å²) in [6.07, 6.45) is 0.